The van der Waals surface area contributed by atoms with Crippen LogP contribution < -0.4 is 10.2 Å². The van der Waals surface area contributed by atoms with Crippen LogP contribution in [0.3, 0.4) is 0 Å². The van der Waals surface area contributed by atoms with Gasteiger partial charge < -0.3 is 10.2 Å². The molecular weight excluding hydrogens is 239 g/mol. The SMILES string of the molecule is CC(C)NCc1ccc(N(C)C(C)C2CC2)c(F)c1. The maximum absolute atomic E-state index is 14.2. The van der Waals surface area contributed by atoms with Crippen molar-refractivity contribution < 1.29 is 4.39 Å². The normalized spacial score (nSPS) is 16.7. The van der Waals surface area contributed by atoms with E-state index in [-0.39, 0.29) is 5.82 Å². The molecule has 1 N–H and O–H groups in total. The van der Waals surface area contributed by atoms with Gasteiger partial charge in [-0.25, -0.2) is 4.39 Å². The summed E-state index contributed by atoms with van der Waals surface area (Å²) in [6.45, 7) is 7.09. The molecule has 1 atom stereocenters. The topological polar surface area (TPSA) is 15.3 Å². The summed E-state index contributed by atoms with van der Waals surface area (Å²) in [5, 5.41) is 3.31. The zero-order valence-corrected chi connectivity index (χ0v) is 12.4. The van der Waals surface area contributed by atoms with Gasteiger partial charge in [0.05, 0.1) is 5.69 Å². The Morgan fingerprint density at radius 2 is 2.00 bits per heavy atom. The zero-order chi connectivity index (χ0) is 14.0. The lowest BCUT2D eigenvalue weighted by Crippen LogP contribution is -2.31. The molecule has 1 aromatic carbocycles. The molecule has 0 aromatic heterocycles. The van der Waals surface area contributed by atoms with Crippen LogP contribution in [-0.4, -0.2) is 19.1 Å². The number of hydrogen-bond donors (Lipinski definition) is 1. The molecule has 0 radical (unpaired) electrons. The molecule has 1 aliphatic carbocycles. The lowest BCUT2D eigenvalue weighted by Gasteiger charge is -2.27. The van der Waals surface area contributed by atoms with Crippen LogP contribution in [0.15, 0.2) is 18.2 Å². The minimum atomic E-state index is -0.113. The molecule has 0 saturated heterocycles. The quantitative estimate of drug-likeness (QED) is 0.845. The van der Waals surface area contributed by atoms with E-state index < -0.39 is 0 Å². The third kappa shape index (κ3) is 3.69. The van der Waals surface area contributed by atoms with Gasteiger partial charge in [-0.05, 0) is 43.4 Å². The predicted octanol–water partition coefficient (Wildman–Crippen LogP) is 3.56. The number of nitrogens with one attached hydrogen (secondary N) is 1. The first kappa shape index (κ1) is 14.3. The van der Waals surface area contributed by atoms with Crippen molar-refractivity contribution in [2.45, 2.75) is 52.2 Å². The number of halogens is 1. The molecule has 2 rings (SSSR count). The number of hydrogen-bond acceptors (Lipinski definition) is 2. The molecule has 1 aliphatic rings. The van der Waals surface area contributed by atoms with E-state index in [9.17, 15) is 4.39 Å². The molecular formula is C16H25FN2. The highest BCUT2D eigenvalue weighted by Crippen LogP contribution is 2.36. The Kier molecular flexibility index (Phi) is 4.46. The van der Waals surface area contributed by atoms with E-state index in [2.05, 4.69) is 31.0 Å². The van der Waals surface area contributed by atoms with Crippen molar-refractivity contribution in [1.82, 2.24) is 5.32 Å². The van der Waals surface area contributed by atoms with Crippen LogP contribution in [0, 0.1) is 11.7 Å². The van der Waals surface area contributed by atoms with E-state index in [0.29, 0.717) is 17.8 Å². The number of rotatable bonds is 6. The van der Waals surface area contributed by atoms with Gasteiger partial charge in [-0.3, -0.25) is 0 Å². The molecule has 3 heteroatoms. The summed E-state index contributed by atoms with van der Waals surface area (Å²) in [4.78, 5) is 2.08. The smallest absolute Gasteiger partial charge is 0.146 e. The maximum atomic E-state index is 14.2. The van der Waals surface area contributed by atoms with E-state index in [1.54, 1.807) is 6.07 Å². The van der Waals surface area contributed by atoms with Crippen LogP contribution in [0.4, 0.5) is 10.1 Å². The number of anilines is 1. The average Bonchev–Trinajstić information content (AvgIpc) is 3.19. The third-order valence-electron chi connectivity index (χ3n) is 4.02. The van der Waals surface area contributed by atoms with Gasteiger partial charge >= 0.3 is 0 Å². The molecule has 1 aromatic rings. The molecule has 0 spiro atoms. The molecule has 106 valence electrons. The van der Waals surface area contributed by atoms with Gasteiger partial charge in [-0.1, -0.05) is 19.9 Å². The Morgan fingerprint density at radius 3 is 2.53 bits per heavy atom. The first-order chi connectivity index (χ1) is 8.99. The van der Waals surface area contributed by atoms with E-state index in [1.165, 1.54) is 12.8 Å². The number of nitrogens with zero attached hydrogens (tertiary/aromatic N) is 1. The minimum absolute atomic E-state index is 0.113. The van der Waals surface area contributed by atoms with Gasteiger partial charge in [0.25, 0.3) is 0 Å². The fraction of sp³-hybridized carbons (Fsp3) is 0.625. The van der Waals surface area contributed by atoms with Gasteiger partial charge in [-0.15, -0.1) is 0 Å². The van der Waals surface area contributed by atoms with Crippen molar-refractivity contribution in [3.8, 4) is 0 Å². The van der Waals surface area contributed by atoms with Gasteiger partial charge in [0.1, 0.15) is 5.82 Å². The second kappa shape index (κ2) is 5.91. The van der Waals surface area contributed by atoms with Crippen LogP contribution >= 0.6 is 0 Å². The van der Waals surface area contributed by atoms with E-state index in [1.807, 2.05) is 19.2 Å². The van der Waals surface area contributed by atoms with Crippen molar-refractivity contribution in [3.63, 3.8) is 0 Å². The summed E-state index contributed by atoms with van der Waals surface area (Å²) in [6, 6.07) is 6.42. The summed E-state index contributed by atoms with van der Waals surface area (Å²) >= 11 is 0. The Balaban J connectivity index is 2.05. The van der Waals surface area contributed by atoms with Crippen LogP contribution in [0.1, 0.15) is 39.2 Å². The van der Waals surface area contributed by atoms with Gasteiger partial charge in [0.15, 0.2) is 0 Å². The highest BCUT2D eigenvalue weighted by molar-refractivity contribution is 5.49. The highest BCUT2D eigenvalue weighted by Gasteiger charge is 2.31. The summed E-state index contributed by atoms with van der Waals surface area (Å²) < 4.78 is 14.2. The van der Waals surface area contributed by atoms with Crippen LogP contribution in [0.25, 0.3) is 0 Å². The molecule has 0 heterocycles. The predicted molar refractivity (Wildman–Crippen MR) is 79.0 cm³/mol. The molecule has 1 saturated carbocycles. The zero-order valence-electron chi connectivity index (χ0n) is 12.4. The first-order valence-corrected chi connectivity index (χ1v) is 7.23. The molecule has 0 bridgehead atoms. The molecule has 0 amide bonds. The van der Waals surface area contributed by atoms with Crippen molar-refractivity contribution in [2.75, 3.05) is 11.9 Å². The summed E-state index contributed by atoms with van der Waals surface area (Å²) in [6.07, 6.45) is 2.56. The lowest BCUT2D eigenvalue weighted by atomic mass is 10.1. The summed E-state index contributed by atoms with van der Waals surface area (Å²) in [5.74, 6) is 0.629. The van der Waals surface area contributed by atoms with Crippen molar-refractivity contribution in [2.24, 2.45) is 5.92 Å². The van der Waals surface area contributed by atoms with E-state index >= 15 is 0 Å². The second-order valence-electron chi connectivity index (χ2n) is 6.01. The Bertz CT molecular complexity index is 427. The fourth-order valence-corrected chi connectivity index (χ4v) is 2.38. The van der Waals surface area contributed by atoms with Crippen LogP contribution in [0.5, 0.6) is 0 Å². The van der Waals surface area contributed by atoms with Gasteiger partial charge in [-0.2, -0.15) is 0 Å². The largest absolute Gasteiger partial charge is 0.369 e. The third-order valence-corrected chi connectivity index (χ3v) is 4.02. The Labute approximate surface area is 116 Å². The maximum Gasteiger partial charge on any atom is 0.146 e. The van der Waals surface area contributed by atoms with Gasteiger partial charge in [0, 0.05) is 25.7 Å². The Hall–Kier alpha value is -1.09. The monoisotopic (exact) mass is 264 g/mol. The van der Waals surface area contributed by atoms with E-state index in [4.69, 9.17) is 0 Å². The van der Waals surface area contributed by atoms with Crippen molar-refractivity contribution in [1.29, 1.82) is 0 Å². The van der Waals surface area contributed by atoms with Crippen LogP contribution in [-0.2, 0) is 6.54 Å². The molecule has 2 nitrogen and oxygen atoms in total. The standard InChI is InChI=1S/C16H25FN2/c1-11(2)18-10-13-5-8-16(15(17)9-13)19(4)12(3)14-6-7-14/h5,8-9,11-12,14,18H,6-7,10H2,1-4H3. The van der Waals surface area contributed by atoms with Crippen molar-refractivity contribution in [3.05, 3.63) is 29.6 Å². The summed E-state index contributed by atoms with van der Waals surface area (Å²) in [5.41, 5.74) is 1.72. The first-order valence-electron chi connectivity index (χ1n) is 7.23. The van der Waals surface area contributed by atoms with Crippen molar-refractivity contribution >= 4 is 5.69 Å². The van der Waals surface area contributed by atoms with Crippen LogP contribution in [0.2, 0.25) is 0 Å². The molecule has 19 heavy (non-hydrogen) atoms. The molecule has 1 unspecified atom stereocenters. The second-order valence-corrected chi connectivity index (χ2v) is 6.01. The highest BCUT2D eigenvalue weighted by atomic mass is 19.1. The number of benzene rings is 1. The molecule has 0 aliphatic heterocycles. The van der Waals surface area contributed by atoms with Gasteiger partial charge in [0.2, 0.25) is 0 Å². The lowest BCUT2D eigenvalue weighted by molar-refractivity contribution is 0.567. The Morgan fingerprint density at radius 1 is 1.32 bits per heavy atom. The van der Waals surface area contributed by atoms with E-state index in [0.717, 1.165) is 18.0 Å². The average molecular weight is 264 g/mol. The minimum Gasteiger partial charge on any atom is -0.369 e. The summed E-state index contributed by atoms with van der Waals surface area (Å²) in [7, 11) is 1.99. The molecule has 1 fully saturated rings. The fourth-order valence-electron chi connectivity index (χ4n) is 2.38.